The van der Waals surface area contributed by atoms with E-state index in [0.29, 0.717) is 19.4 Å². The van der Waals surface area contributed by atoms with Crippen LogP contribution in [0.2, 0.25) is 0 Å². The molecule has 0 aromatic heterocycles. The summed E-state index contributed by atoms with van der Waals surface area (Å²) >= 11 is 0. The van der Waals surface area contributed by atoms with Crippen LogP contribution >= 0.6 is 0 Å². The molecular weight excluding hydrogens is 342 g/mol. The number of halogens is 2. The number of carbonyl (C=O) groups is 2. The van der Waals surface area contributed by atoms with Crippen LogP contribution in [0, 0.1) is 17.6 Å². The summed E-state index contributed by atoms with van der Waals surface area (Å²) in [6.07, 6.45) is 5.65. The number of ether oxygens (including phenoxy) is 1. The molecule has 1 aliphatic carbocycles. The highest BCUT2D eigenvalue weighted by molar-refractivity contribution is 5.90. The van der Waals surface area contributed by atoms with Gasteiger partial charge in [0.15, 0.2) is 5.78 Å². The Labute approximate surface area is 152 Å². The van der Waals surface area contributed by atoms with Crippen LogP contribution in [0.1, 0.15) is 44.9 Å². The van der Waals surface area contributed by atoms with Gasteiger partial charge in [0.05, 0.1) is 6.04 Å². The van der Waals surface area contributed by atoms with Gasteiger partial charge in [0.2, 0.25) is 5.91 Å². The molecule has 1 amide bonds. The van der Waals surface area contributed by atoms with Crippen LogP contribution in [-0.4, -0.2) is 30.9 Å². The van der Waals surface area contributed by atoms with Crippen LogP contribution in [0.5, 0.6) is 5.75 Å². The first-order valence-corrected chi connectivity index (χ1v) is 9.11. The molecule has 0 bridgehead atoms. The normalized spacial score (nSPS) is 15.7. The number of benzene rings is 1. The smallest absolute Gasteiger partial charge is 0.223 e. The monoisotopic (exact) mass is 368 g/mol. The summed E-state index contributed by atoms with van der Waals surface area (Å²) in [5.74, 6) is -2.08. The zero-order valence-electron chi connectivity index (χ0n) is 14.8. The highest BCUT2D eigenvalue weighted by Crippen LogP contribution is 2.25. The lowest BCUT2D eigenvalue weighted by Crippen LogP contribution is -2.45. The molecule has 2 rings (SSSR count). The predicted octanol–water partition coefficient (Wildman–Crippen LogP) is 2.72. The lowest BCUT2D eigenvalue weighted by atomic mass is 10.0. The number of Topliss-reactive ketones (excluding diaryl/α,β-unsaturated/α-hetero) is 1. The molecule has 26 heavy (non-hydrogen) atoms. The molecule has 0 heterocycles. The molecule has 0 aliphatic heterocycles. The van der Waals surface area contributed by atoms with E-state index in [1.165, 1.54) is 0 Å². The van der Waals surface area contributed by atoms with Gasteiger partial charge in [-0.2, -0.15) is 0 Å². The molecule has 0 radical (unpaired) electrons. The fraction of sp³-hybridized carbons (Fsp3) is 0.579. The summed E-state index contributed by atoms with van der Waals surface area (Å²) < 4.78 is 31.6. The van der Waals surface area contributed by atoms with Crippen LogP contribution in [0.4, 0.5) is 8.78 Å². The molecule has 144 valence electrons. The van der Waals surface area contributed by atoms with Crippen molar-refractivity contribution in [3.8, 4) is 5.75 Å². The van der Waals surface area contributed by atoms with Crippen molar-refractivity contribution in [2.24, 2.45) is 11.7 Å². The van der Waals surface area contributed by atoms with E-state index in [9.17, 15) is 18.4 Å². The molecule has 5 nitrogen and oxygen atoms in total. The second kappa shape index (κ2) is 10.2. The minimum atomic E-state index is -0.776. The number of rotatable bonds is 10. The van der Waals surface area contributed by atoms with E-state index in [1.807, 2.05) is 0 Å². The van der Waals surface area contributed by atoms with Gasteiger partial charge in [0.25, 0.3) is 0 Å². The lowest BCUT2D eigenvalue weighted by molar-refractivity contribution is -0.131. The zero-order valence-corrected chi connectivity index (χ0v) is 14.8. The van der Waals surface area contributed by atoms with E-state index < -0.39 is 17.7 Å². The first-order chi connectivity index (χ1) is 12.5. The quantitative estimate of drug-likeness (QED) is 0.622. The summed E-state index contributed by atoms with van der Waals surface area (Å²) in [5, 5.41) is 2.82. The standard InChI is InChI=1S/C19H26F2N2O3/c20-14-9-15(21)11-16(10-14)26-12-18(24)17(7-3-4-8-22)23-19(25)13-5-1-2-6-13/h9-11,13,17H,1-8,12,22H2,(H,23,25)/t17-/m0/s1. The molecule has 0 saturated heterocycles. The maximum Gasteiger partial charge on any atom is 0.223 e. The summed E-state index contributed by atoms with van der Waals surface area (Å²) in [7, 11) is 0. The first kappa shape index (κ1) is 20.3. The van der Waals surface area contributed by atoms with Crippen molar-refractivity contribution in [3.05, 3.63) is 29.8 Å². The maximum atomic E-state index is 13.2. The Hall–Kier alpha value is -2.02. The molecule has 1 aromatic carbocycles. The van der Waals surface area contributed by atoms with Crippen LogP contribution in [0.3, 0.4) is 0 Å². The van der Waals surface area contributed by atoms with Gasteiger partial charge in [-0.05, 0) is 38.6 Å². The molecule has 3 N–H and O–H groups in total. The largest absolute Gasteiger partial charge is 0.486 e. The van der Waals surface area contributed by atoms with E-state index >= 15 is 0 Å². The number of amides is 1. The van der Waals surface area contributed by atoms with E-state index in [0.717, 1.165) is 50.3 Å². The first-order valence-electron chi connectivity index (χ1n) is 9.11. The highest BCUT2D eigenvalue weighted by Gasteiger charge is 2.27. The highest BCUT2D eigenvalue weighted by atomic mass is 19.1. The third-order valence-corrected chi connectivity index (χ3v) is 4.60. The molecule has 1 saturated carbocycles. The van der Waals surface area contributed by atoms with Gasteiger partial charge in [-0.3, -0.25) is 9.59 Å². The predicted molar refractivity (Wildman–Crippen MR) is 93.7 cm³/mol. The van der Waals surface area contributed by atoms with E-state index in [4.69, 9.17) is 10.5 Å². The number of ketones is 1. The fourth-order valence-corrected chi connectivity index (χ4v) is 3.15. The van der Waals surface area contributed by atoms with Crippen LogP contribution in [0.15, 0.2) is 18.2 Å². The van der Waals surface area contributed by atoms with Crippen molar-refractivity contribution in [2.75, 3.05) is 13.2 Å². The Balaban J connectivity index is 1.93. The summed E-state index contributed by atoms with van der Waals surface area (Å²) in [5.41, 5.74) is 5.49. The van der Waals surface area contributed by atoms with Crippen LogP contribution in [-0.2, 0) is 9.59 Å². The number of hydrogen-bond donors (Lipinski definition) is 2. The van der Waals surface area contributed by atoms with Crippen molar-refractivity contribution in [3.63, 3.8) is 0 Å². The zero-order chi connectivity index (χ0) is 18.9. The van der Waals surface area contributed by atoms with E-state index in [-0.39, 0.29) is 30.0 Å². The number of carbonyl (C=O) groups excluding carboxylic acids is 2. The average molecular weight is 368 g/mol. The molecule has 0 unspecified atom stereocenters. The minimum absolute atomic E-state index is 0.0435. The summed E-state index contributed by atoms with van der Waals surface area (Å²) in [6, 6.07) is 2.08. The molecule has 1 aliphatic rings. The Bertz CT molecular complexity index is 599. The van der Waals surface area contributed by atoms with Crippen LogP contribution < -0.4 is 15.8 Å². The van der Waals surface area contributed by atoms with E-state index in [1.54, 1.807) is 0 Å². The minimum Gasteiger partial charge on any atom is -0.486 e. The Morgan fingerprint density at radius 1 is 1.15 bits per heavy atom. The summed E-state index contributed by atoms with van der Waals surface area (Å²) in [4.78, 5) is 24.8. The average Bonchev–Trinajstić information content (AvgIpc) is 3.13. The van der Waals surface area contributed by atoms with Gasteiger partial charge in [-0.25, -0.2) is 8.78 Å². The third-order valence-electron chi connectivity index (χ3n) is 4.60. The molecule has 7 heteroatoms. The molecule has 1 fully saturated rings. The third kappa shape index (κ3) is 6.37. The molecule has 1 aromatic rings. The Morgan fingerprint density at radius 3 is 2.42 bits per heavy atom. The Kier molecular flexibility index (Phi) is 7.97. The number of nitrogens with one attached hydrogen (secondary N) is 1. The van der Waals surface area contributed by atoms with Gasteiger partial charge < -0.3 is 15.8 Å². The van der Waals surface area contributed by atoms with Crippen LogP contribution in [0.25, 0.3) is 0 Å². The SMILES string of the molecule is NCCCC[C@H](NC(=O)C1CCCC1)C(=O)COc1cc(F)cc(F)c1. The number of nitrogens with two attached hydrogens (primary N) is 1. The second-order valence-corrected chi connectivity index (χ2v) is 6.69. The fourth-order valence-electron chi connectivity index (χ4n) is 3.15. The summed E-state index contributed by atoms with van der Waals surface area (Å²) in [6.45, 7) is 0.150. The van der Waals surface area contributed by atoms with Gasteiger partial charge in [0.1, 0.15) is 24.0 Å². The molecular formula is C19H26F2N2O3. The maximum absolute atomic E-state index is 13.2. The number of unbranched alkanes of at least 4 members (excludes halogenated alkanes) is 1. The van der Waals surface area contributed by atoms with Gasteiger partial charge in [-0.15, -0.1) is 0 Å². The van der Waals surface area contributed by atoms with E-state index in [2.05, 4.69) is 5.32 Å². The van der Waals surface area contributed by atoms with Gasteiger partial charge in [-0.1, -0.05) is 12.8 Å². The van der Waals surface area contributed by atoms with Crippen molar-refractivity contribution < 1.29 is 23.1 Å². The van der Waals surface area contributed by atoms with Gasteiger partial charge in [0, 0.05) is 24.1 Å². The van der Waals surface area contributed by atoms with Crippen molar-refractivity contribution in [1.82, 2.24) is 5.32 Å². The van der Waals surface area contributed by atoms with Crippen molar-refractivity contribution in [1.29, 1.82) is 0 Å². The molecule has 0 spiro atoms. The lowest BCUT2D eigenvalue weighted by Gasteiger charge is -2.20. The van der Waals surface area contributed by atoms with Crippen molar-refractivity contribution >= 4 is 11.7 Å². The second-order valence-electron chi connectivity index (χ2n) is 6.69. The van der Waals surface area contributed by atoms with Gasteiger partial charge >= 0.3 is 0 Å². The van der Waals surface area contributed by atoms with Crippen molar-refractivity contribution in [2.45, 2.75) is 51.0 Å². The topological polar surface area (TPSA) is 81.4 Å². The Morgan fingerprint density at radius 2 is 1.81 bits per heavy atom. The molecule has 1 atom stereocenters. The number of hydrogen-bond acceptors (Lipinski definition) is 4.